The SMILES string of the molecule is Cc1cc(-n2c3[c-]c(Oc4[c-]c([N+]5=C=[N+](c6cccc(C(C)(C)C)c6)c6c(-c7cccc(C(C)(C)C)c7)cccc65)ccc4)ccc3c3ccccc32)ncc1-c1cccc([Si](c2ccccc2)(c2ccccc2)c2ccccc2)c1.[Pt+2]. The first-order valence-corrected chi connectivity index (χ1v) is 29.9. The molecule has 1 aliphatic heterocycles. The van der Waals surface area contributed by atoms with Crippen molar-refractivity contribution in [3.8, 4) is 39.6 Å². The second kappa shape index (κ2) is 21.6. The molecule has 82 heavy (non-hydrogen) atoms. The second-order valence-electron chi connectivity index (χ2n) is 23.3. The van der Waals surface area contributed by atoms with E-state index in [1.165, 1.54) is 31.9 Å². The number of para-hydroxylation sites is 2. The molecule has 0 saturated heterocycles. The maximum absolute atomic E-state index is 6.79. The number of aryl methyl sites for hydroxylation is 1. The topological polar surface area (TPSA) is 33.1 Å². The monoisotopic (exact) mass is 1260 g/mol. The van der Waals surface area contributed by atoms with Crippen LogP contribution in [-0.4, -0.2) is 23.6 Å². The molecule has 0 spiro atoms. The summed E-state index contributed by atoms with van der Waals surface area (Å²) in [6, 6.07) is 98.8. The molecule has 0 radical (unpaired) electrons. The van der Waals surface area contributed by atoms with Crippen LogP contribution in [0.4, 0.5) is 22.7 Å². The maximum Gasteiger partial charge on any atom is 2.00 e. The van der Waals surface area contributed by atoms with E-state index in [4.69, 9.17) is 9.72 Å². The molecular formula is C75H62N4OPtSi+2. The molecule has 0 saturated carbocycles. The molecule has 5 nitrogen and oxygen atoms in total. The Morgan fingerprint density at radius 1 is 0.488 bits per heavy atom. The average Bonchev–Trinajstić information content (AvgIpc) is 3.12. The van der Waals surface area contributed by atoms with Gasteiger partial charge in [0.25, 0.3) is 5.69 Å². The van der Waals surface area contributed by atoms with Crippen LogP contribution in [0.3, 0.4) is 0 Å². The number of pyridine rings is 1. The van der Waals surface area contributed by atoms with Crippen LogP contribution < -0.4 is 34.6 Å². The van der Waals surface area contributed by atoms with Crippen molar-refractivity contribution in [3.05, 3.63) is 278 Å². The average molecular weight is 1260 g/mol. The molecule has 0 fully saturated rings. The minimum Gasteiger partial charge on any atom is -0.509 e. The van der Waals surface area contributed by atoms with E-state index in [1.807, 2.05) is 24.4 Å². The van der Waals surface area contributed by atoms with Crippen LogP contribution >= 0.6 is 0 Å². The van der Waals surface area contributed by atoms with Crippen molar-refractivity contribution < 1.29 is 25.8 Å². The third-order valence-electron chi connectivity index (χ3n) is 16.0. The Labute approximate surface area is 497 Å². The van der Waals surface area contributed by atoms with Crippen molar-refractivity contribution in [2.24, 2.45) is 0 Å². The summed E-state index contributed by atoms with van der Waals surface area (Å²) in [6.07, 6.45) is 2.04. The van der Waals surface area contributed by atoms with Crippen LogP contribution in [0.1, 0.15) is 58.2 Å². The van der Waals surface area contributed by atoms with Crippen LogP contribution in [0.25, 0.3) is 49.9 Å². The zero-order valence-corrected chi connectivity index (χ0v) is 50.5. The first-order valence-electron chi connectivity index (χ1n) is 27.9. The van der Waals surface area contributed by atoms with Crippen LogP contribution in [-0.2, 0) is 31.9 Å². The van der Waals surface area contributed by atoms with Crippen molar-refractivity contribution in [1.29, 1.82) is 0 Å². The predicted octanol–water partition coefficient (Wildman–Crippen LogP) is 16.0. The molecule has 13 rings (SSSR count). The molecule has 0 amide bonds. The number of hydrogen-bond donors (Lipinski definition) is 0. The van der Waals surface area contributed by atoms with Gasteiger partial charge >= 0.3 is 32.8 Å². The first kappa shape index (κ1) is 53.9. The van der Waals surface area contributed by atoms with E-state index in [1.54, 1.807) is 0 Å². The minimum atomic E-state index is -2.75. The maximum atomic E-state index is 6.79. The Balaban J connectivity index is 0.00000665. The van der Waals surface area contributed by atoms with E-state index in [9.17, 15) is 0 Å². The minimum absolute atomic E-state index is 0. The van der Waals surface area contributed by atoms with Crippen molar-refractivity contribution in [3.63, 3.8) is 0 Å². The molecule has 1 aliphatic rings. The van der Waals surface area contributed by atoms with Crippen LogP contribution in [0.2, 0.25) is 0 Å². The van der Waals surface area contributed by atoms with E-state index in [-0.39, 0.29) is 31.9 Å². The van der Waals surface area contributed by atoms with Gasteiger partial charge in [-0.05, 0) is 94.5 Å². The Kier molecular flexibility index (Phi) is 14.2. The van der Waals surface area contributed by atoms with Crippen molar-refractivity contribution >= 4 is 79.4 Å². The smallest absolute Gasteiger partial charge is 0.509 e. The van der Waals surface area contributed by atoms with E-state index < -0.39 is 8.07 Å². The summed E-state index contributed by atoms with van der Waals surface area (Å²) in [4.78, 5) is 5.29. The normalized spacial score (nSPS) is 12.4. The molecule has 0 unspecified atom stereocenters. The van der Waals surface area contributed by atoms with Gasteiger partial charge in [0, 0.05) is 47.0 Å². The predicted molar refractivity (Wildman–Crippen MR) is 340 cm³/mol. The number of ether oxygens (including phenoxy) is 1. The fraction of sp³-hybridized carbons (Fsp3) is 0.120. The van der Waals surface area contributed by atoms with Crippen LogP contribution in [0.15, 0.2) is 249 Å². The van der Waals surface area contributed by atoms with Gasteiger partial charge in [-0.25, -0.2) is 4.98 Å². The van der Waals surface area contributed by atoms with Gasteiger partial charge in [-0.1, -0.05) is 240 Å². The van der Waals surface area contributed by atoms with Crippen LogP contribution in [0, 0.1) is 19.1 Å². The summed E-state index contributed by atoms with van der Waals surface area (Å²) in [5.74, 6) is 1.95. The molecule has 0 aliphatic carbocycles. The van der Waals surface area contributed by atoms with Crippen molar-refractivity contribution in [2.45, 2.75) is 59.3 Å². The molecule has 0 N–H and O–H groups in total. The summed E-state index contributed by atoms with van der Waals surface area (Å²) in [6.45, 7) is 15.8. The van der Waals surface area contributed by atoms with Gasteiger partial charge in [-0.15, -0.1) is 23.6 Å². The first-order chi connectivity index (χ1) is 39.3. The third-order valence-corrected chi connectivity index (χ3v) is 20.8. The van der Waals surface area contributed by atoms with Gasteiger partial charge in [0.1, 0.15) is 11.5 Å². The summed E-state index contributed by atoms with van der Waals surface area (Å²) in [5, 5.41) is 7.52. The van der Waals surface area contributed by atoms with E-state index in [2.05, 4.69) is 305 Å². The quantitative estimate of drug-likeness (QED) is 0.0560. The fourth-order valence-corrected chi connectivity index (χ4v) is 16.7. The third kappa shape index (κ3) is 9.71. The fourth-order valence-electron chi connectivity index (χ4n) is 11.9. The Bertz CT molecular complexity index is 4360. The number of hydrogen-bond acceptors (Lipinski definition) is 2. The summed E-state index contributed by atoms with van der Waals surface area (Å²) in [7, 11) is -2.75. The van der Waals surface area contributed by atoms with E-state index >= 15 is 0 Å². The largest absolute Gasteiger partial charge is 2.00 e. The summed E-state index contributed by atoms with van der Waals surface area (Å²) >= 11 is 0. The van der Waals surface area contributed by atoms with Crippen LogP contribution in [0.5, 0.6) is 11.5 Å². The second-order valence-corrected chi connectivity index (χ2v) is 27.1. The van der Waals surface area contributed by atoms with Gasteiger partial charge in [0.2, 0.25) is 5.69 Å². The number of benzene rings is 10. The molecule has 2 aromatic heterocycles. The summed E-state index contributed by atoms with van der Waals surface area (Å²) < 4.78 is 13.3. The van der Waals surface area contributed by atoms with Gasteiger partial charge in [-0.3, -0.25) is 0 Å². The number of fused-ring (bicyclic) bond motifs is 4. The van der Waals surface area contributed by atoms with Gasteiger partial charge in [0.05, 0.1) is 5.56 Å². The molecule has 10 aromatic carbocycles. The molecule has 3 heterocycles. The molecule has 0 atom stereocenters. The van der Waals surface area contributed by atoms with Crippen molar-refractivity contribution in [1.82, 2.24) is 18.7 Å². The zero-order chi connectivity index (χ0) is 55.5. The molecule has 7 heteroatoms. The Morgan fingerprint density at radius 2 is 1.06 bits per heavy atom. The Morgan fingerprint density at radius 3 is 1.73 bits per heavy atom. The standard InChI is InChI=1S/C75H62N4OSi.Pt/c1-52-44-72(76-50-68(52)54-25-20-37-64(46-54)81(61-31-11-8-12-32-61,62-33-13-9-14-34-62)63-35-15-10-16-36-63)79-69-40-18-17-38-66(69)67-43-42-60(49-71(67)79)80-59-30-22-29-58(48-59)77-51-78(57-28-21-27-56(47-57)75(5,6)7)73-65(39-23-41-70(73)77)53-24-19-26-55(45-53)74(2,3)4;/h8-47,50H,1-7H3;/q;+2. The van der Waals surface area contributed by atoms with Crippen molar-refractivity contribution in [2.75, 3.05) is 0 Å². The number of nitrogens with zero attached hydrogens (tertiary/aromatic N) is 4. The van der Waals surface area contributed by atoms with Gasteiger partial charge in [0.15, 0.2) is 8.07 Å². The number of rotatable bonds is 11. The van der Waals surface area contributed by atoms with Gasteiger partial charge in [-0.2, -0.15) is 12.1 Å². The molecule has 12 aromatic rings. The molecule has 0 bridgehead atoms. The number of aromatic nitrogens is 2. The van der Waals surface area contributed by atoms with Gasteiger partial charge < -0.3 is 9.30 Å². The molecular weight excluding hydrogens is 1200 g/mol. The zero-order valence-electron chi connectivity index (χ0n) is 47.2. The van der Waals surface area contributed by atoms with E-state index in [0.717, 1.165) is 78.2 Å². The summed E-state index contributed by atoms with van der Waals surface area (Å²) in [5.41, 5.74) is 13.9. The van der Waals surface area contributed by atoms with E-state index in [0.29, 0.717) is 11.5 Å². The Hall–Kier alpha value is -8.76. The molecule has 400 valence electrons.